The molecule has 1 aromatic rings. The van der Waals surface area contributed by atoms with Crippen molar-refractivity contribution in [3.05, 3.63) is 34.9 Å². The Morgan fingerprint density at radius 2 is 2.00 bits per heavy atom. The fourth-order valence-electron chi connectivity index (χ4n) is 2.16. The maximum atomic E-state index is 6.03. The molecule has 0 spiro atoms. The minimum Gasteiger partial charge on any atom is -0.312 e. The summed E-state index contributed by atoms with van der Waals surface area (Å²) in [6.07, 6.45) is 2.42. The van der Waals surface area contributed by atoms with Gasteiger partial charge in [-0.1, -0.05) is 23.7 Å². The van der Waals surface area contributed by atoms with Crippen LogP contribution in [0.4, 0.5) is 0 Å². The lowest BCUT2D eigenvalue weighted by Crippen LogP contribution is -2.37. The van der Waals surface area contributed by atoms with E-state index < -0.39 is 0 Å². The van der Waals surface area contributed by atoms with Crippen molar-refractivity contribution < 1.29 is 0 Å². The van der Waals surface area contributed by atoms with Crippen molar-refractivity contribution in [3.8, 4) is 0 Å². The molecule has 0 fully saturated rings. The molecule has 114 valence electrons. The van der Waals surface area contributed by atoms with Crippen LogP contribution < -0.4 is 5.32 Å². The first-order valence-electron chi connectivity index (χ1n) is 7.47. The minimum absolute atomic E-state index is 0.218. The Kier molecular flexibility index (Phi) is 7.01. The molecule has 0 heterocycles. The van der Waals surface area contributed by atoms with E-state index in [1.165, 1.54) is 18.4 Å². The van der Waals surface area contributed by atoms with Gasteiger partial charge in [0.1, 0.15) is 0 Å². The second-order valence-corrected chi connectivity index (χ2v) is 7.15. The van der Waals surface area contributed by atoms with Crippen molar-refractivity contribution in [3.63, 3.8) is 0 Å². The lowest BCUT2D eigenvalue weighted by molar-refractivity contribution is 0.232. The van der Waals surface area contributed by atoms with Crippen LogP contribution in [0.1, 0.15) is 46.1 Å². The van der Waals surface area contributed by atoms with Gasteiger partial charge in [0.15, 0.2) is 0 Å². The average molecular weight is 297 g/mol. The fraction of sp³-hybridized carbons (Fsp3) is 0.647. The highest BCUT2D eigenvalue weighted by Gasteiger charge is 2.11. The molecular formula is C17H29ClN2. The topological polar surface area (TPSA) is 15.3 Å². The smallest absolute Gasteiger partial charge is 0.0409 e. The second-order valence-electron chi connectivity index (χ2n) is 6.71. The van der Waals surface area contributed by atoms with E-state index in [0.29, 0.717) is 6.04 Å². The monoisotopic (exact) mass is 296 g/mol. The Morgan fingerprint density at radius 1 is 1.30 bits per heavy atom. The van der Waals surface area contributed by atoms with Gasteiger partial charge in [0.2, 0.25) is 0 Å². The van der Waals surface area contributed by atoms with Gasteiger partial charge >= 0.3 is 0 Å². The van der Waals surface area contributed by atoms with Crippen molar-refractivity contribution in [1.29, 1.82) is 0 Å². The molecule has 0 saturated carbocycles. The summed E-state index contributed by atoms with van der Waals surface area (Å²) >= 11 is 6.03. The number of nitrogens with one attached hydrogen (secondary N) is 1. The standard InChI is InChI=1S/C17H29ClN2/c1-14(8-7-11-19-17(2,3)4)20(5)13-15-9-6-10-16(18)12-15/h6,9-10,12,14,19H,7-8,11,13H2,1-5H3. The number of nitrogens with zero attached hydrogens (tertiary/aromatic N) is 1. The zero-order valence-electron chi connectivity index (χ0n) is 13.5. The number of hydrogen-bond donors (Lipinski definition) is 1. The van der Waals surface area contributed by atoms with E-state index in [0.717, 1.165) is 18.1 Å². The van der Waals surface area contributed by atoms with Crippen LogP contribution in [0, 0.1) is 0 Å². The Bertz CT molecular complexity index is 398. The van der Waals surface area contributed by atoms with Gasteiger partial charge in [-0.25, -0.2) is 0 Å². The molecule has 0 aliphatic rings. The van der Waals surface area contributed by atoms with Crippen molar-refractivity contribution in [2.24, 2.45) is 0 Å². The van der Waals surface area contributed by atoms with Crippen LogP contribution >= 0.6 is 11.6 Å². The molecule has 3 heteroatoms. The lowest BCUT2D eigenvalue weighted by atomic mass is 10.1. The molecule has 0 bridgehead atoms. The first kappa shape index (κ1) is 17.5. The second kappa shape index (κ2) is 8.02. The summed E-state index contributed by atoms with van der Waals surface area (Å²) in [6.45, 7) is 11.0. The van der Waals surface area contributed by atoms with Gasteiger partial charge in [0.05, 0.1) is 0 Å². The molecule has 1 N–H and O–H groups in total. The molecule has 2 nitrogen and oxygen atoms in total. The highest BCUT2D eigenvalue weighted by Crippen LogP contribution is 2.14. The van der Waals surface area contributed by atoms with Crippen LogP contribution in [-0.2, 0) is 6.54 Å². The largest absolute Gasteiger partial charge is 0.312 e. The summed E-state index contributed by atoms with van der Waals surface area (Å²) in [4.78, 5) is 2.39. The highest BCUT2D eigenvalue weighted by molar-refractivity contribution is 6.30. The predicted octanol–water partition coefficient (Wildman–Crippen LogP) is 4.33. The average Bonchev–Trinajstić information content (AvgIpc) is 2.33. The van der Waals surface area contributed by atoms with E-state index in [2.05, 4.69) is 51.0 Å². The predicted molar refractivity (Wildman–Crippen MR) is 89.4 cm³/mol. The van der Waals surface area contributed by atoms with E-state index in [-0.39, 0.29) is 5.54 Å². The molecule has 0 amide bonds. The minimum atomic E-state index is 0.218. The Hall–Kier alpha value is -0.570. The van der Waals surface area contributed by atoms with E-state index >= 15 is 0 Å². The maximum absolute atomic E-state index is 6.03. The van der Waals surface area contributed by atoms with Gasteiger partial charge in [0, 0.05) is 23.1 Å². The van der Waals surface area contributed by atoms with Crippen LogP contribution in [0.2, 0.25) is 5.02 Å². The Morgan fingerprint density at radius 3 is 2.60 bits per heavy atom. The number of benzene rings is 1. The SMILES string of the molecule is CC(CCCNC(C)(C)C)N(C)Cc1cccc(Cl)c1. The quantitative estimate of drug-likeness (QED) is 0.754. The van der Waals surface area contributed by atoms with Crippen LogP contribution in [0.3, 0.4) is 0 Å². The maximum Gasteiger partial charge on any atom is 0.0409 e. The molecule has 0 radical (unpaired) electrons. The summed E-state index contributed by atoms with van der Waals surface area (Å²) in [6, 6.07) is 8.70. The summed E-state index contributed by atoms with van der Waals surface area (Å²) in [7, 11) is 2.18. The van der Waals surface area contributed by atoms with Crippen LogP contribution in [0.25, 0.3) is 0 Å². The summed E-state index contributed by atoms with van der Waals surface area (Å²) < 4.78 is 0. The molecule has 1 atom stereocenters. The normalized spacial score (nSPS) is 13.8. The molecule has 20 heavy (non-hydrogen) atoms. The third kappa shape index (κ3) is 7.28. The van der Waals surface area contributed by atoms with Crippen molar-refractivity contribution in [2.45, 2.75) is 58.7 Å². The first-order valence-corrected chi connectivity index (χ1v) is 7.85. The van der Waals surface area contributed by atoms with Crippen molar-refractivity contribution >= 4 is 11.6 Å². The van der Waals surface area contributed by atoms with Crippen LogP contribution in [-0.4, -0.2) is 30.1 Å². The molecule has 0 aliphatic heterocycles. The van der Waals surface area contributed by atoms with Gasteiger partial charge < -0.3 is 5.32 Å². The van der Waals surface area contributed by atoms with Crippen molar-refractivity contribution in [1.82, 2.24) is 10.2 Å². The van der Waals surface area contributed by atoms with Gasteiger partial charge in [-0.3, -0.25) is 4.90 Å². The van der Waals surface area contributed by atoms with Crippen LogP contribution in [0.15, 0.2) is 24.3 Å². The van der Waals surface area contributed by atoms with Crippen molar-refractivity contribution in [2.75, 3.05) is 13.6 Å². The van der Waals surface area contributed by atoms with Gasteiger partial charge in [-0.2, -0.15) is 0 Å². The molecule has 0 aromatic heterocycles. The van der Waals surface area contributed by atoms with Gasteiger partial charge in [-0.05, 0) is 71.8 Å². The van der Waals surface area contributed by atoms with E-state index in [1.54, 1.807) is 0 Å². The van der Waals surface area contributed by atoms with Gasteiger partial charge in [-0.15, -0.1) is 0 Å². The van der Waals surface area contributed by atoms with Gasteiger partial charge in [0.25, 0.3) is 0 Å². The molecular weight excluding hydrogens is 268 g/mol. The number of hydrogen-bond acceptors (Lipinski definition) is 2. The zero-order valence-corrected chi connectivity index (χ0v) is 14.3. The zero-order chi connectivity index (χ0) is 15.2. The molecule has 1 rings (SSSR count). The molecule has 0 saturated heterocycles. The lowest BCUT2D eigenvalue weighted by Gasteiger charge is -2.26. The first-order chi connectivity index (χ1) is 9.28. The summed E-state index contributed by atoms with van der Waals surface area (Å²) in [5.74, 6) is 0. The van der Waals surface area contributed by atoms with E-state index in [9.17, 15) is 0 Å². The summed E-state index contributed by atoms with van der Waals surface area (Å²) in [5.41, 5.74) is 1.50. The number of halogens is 1. The van der Waals surface area contributed by atoms with Crippen LogP contribution in [0.5, 0.6) is 0 Å². The highest BCUT2D eigenvalue weighted by atomic mass is 35.5. The Balaban J connectivity index is 2.30. The summed E-state index contributed by atoms with van der Waals surface area (Å²) in [5, 5.41) is 4.35. The fourth-order valence-corrected chi connectivity index (χ4v) is 2.37. The molecule has 0 aliphatic carbocycles. The molecule has 1 unspecified atom stereocenters. The van der Waals surface area contributed by atoms with E-state index in [4.69, 9.17) is 11.6 Å². The van der Waals surface area contributed by atoms with E-state index in [1.807, 2.05) is 18.2 Å². The molecule has 1 aromatic carbocycles. The number of rotatable bonds is 7. The Labute approximate surface area is 129 Å². The third-order valence-corrected chi connectivity index (χ3v) is 3.76. The third-order valence-electron chi connectivity index (χ3n) is 3.53.